The average molecular weight is 697 g/mol. The molecule has 0 fully saturated rings. The molecule has 10 aromatic carbocycles. The van der Waals surface area contributed by atoms with Crippen molar-refractivity contribution in [3.63, 3.8) is 0 Å². The monoisotopic (exact) mass is 696 g/mol. The summed E-state index contributed by atoms with van der Waals surface area (Å²) in [6.07, 6.45) is 0. The normalized spacial score (nSPS) is 13.9. The SMILES string of the molecule is c1ccc(C2=C(c3ccc4c(-c5cccc6ccccc56)c5ccccc5c(-c5cccc6ccccc56)c4c3)C(c3ccccc3)c3ccccc32)cc1. The van der Waals surface area contributed by atoms with Gasteiger partial charge in [-0.1, -0.05) is 206 Å². The first-order chi connectivity index (χ1) is 27.3. The Kier molecular flexibility index (Phi) is 7.35. The van der Waals surface area contributed by atoms with Crippen LogP contribution in [-0.2, 0) is 0 Å². The third-order valence-electron chi connectivity index (χ3n) is 11.7. The Hall–Kier alpha value is -7.02. The van der Waals surface area contributed by atoms with Crippen LogP contribution in [0.1, 0.15) is 33.7 Å². The first-order valence-corrected chi connectivity index (χ1v) is 19.2. The van der Waals surface area contributed by atoms with Crippen LogP contribution in [0.15, 0.2) is 212 Å². The van der Waals surface area contributed by atoms with E-state index >= 15 is 0 Å². The fraction of sp³-hybridized carbons (Fsp3) is 0.0182. The molecule has 0 aromatic heterocycles. The van der Waals surface area contributed by atoms with Crippen molar-refractivity contribution >= 4 is 54.2 Å². The summed E-state index contributed by atoms with van der Waals surface area (Å²) < 4.78 is 0. The van der Waals surface area contributed by atoms with Gasteiger partial charge in [-0.2, -0.15) is 0 Å². The Morgan fingerprint density at radius 1 is 0.291 bits per heavy atom. The molecule has 10 aromatic rings. The van der Waals surface area contributed by atoms with Crippen LogP contribution >= 0.6 is 0 Å². The predicted molar refractivity (Wildman–Crippen MR) is 234 cm³/mol. The number of hydrogen-bond donors (Lipinski definition) is 0. The molecule has 1 aliphatic rings. The van der Waals surface area contributed by atoms with Gasteiger partial charge in [0.2, 0.25) is 0 Å². The van der Waals surface area contributed by atoms with Crippen LogP contribution in [0.3, 0.4) is 0 Å². The fourth-order valence-electron chi connectivity index (χ4n) is 9.45. The summed E-state index contributed by atoms with van der Waals surface area (Å²) in [4.78, 5) is 0. The molecule has 55 heavy (non-hydrogen) atoms. The molecule has 0 spiro atoms. The summed E-state index contributed by atoms with van der Waals surface area (Å²) in [6.45, 7) is 0. The minimum atomic E-state index is 0.0871. The van der Waals surface area contributed by atoms with Crippen molar-refractivity contribution in [1.29, 1.82) is 0 Å². The molecule has 0 heterocycles. The molecule has 0 N–H and O–H groups in total. The molecular formula is C55H36. The van der Waals surface area contributed by atoms with Gasteiger partial charge < -0.3 is 0 Å². The average Bonchev–Trinajstić information content (AvgIpc) is 3.61. The summed E-state index contributed by atoms with van der Waals surface area (Å²) in [7, 11) is 0. The second-order valence-electron chi connectivity index (χ2n) is 14.7. The van der Waals surface area contributed by atoms with Crippen LogP contribution in [0.25, 0.3) is 76.5 Å². The molecule has 1 unspecified atom stereocenters. The van der Waals surface area contributed by atoms with Gasteiger partial charge in [-0.3, -0.25) is 0 Å². The van der Waals surface area contributed by atoms with Crippen LogP contribution in [0, 0.1) is 0 Å². The Morgan fingerprint density at radius 2 is 0.764 bits per heavy atom. The summed E-state index contributed by atoms with van der Waals surface area (Å²) in [5.41, 5.74) is 14.2. The van der Waals surface area contributed by atoms with Gasteiger partial charge in [-0.15, -0.1) is 0 Å². The van der Waals surface area contributed by atoms with E-state index in [1.54, 1.807) is 0 Å². The standard InChI is InChI=1S/C55H36/c1-3-19-38(20-4-1)51-45-27-11-12-28-46(45)52(39-21-5-2-6-22-39)53(51)40-33-34-49-50(35-40)55(44-32-16-24-37-18-8-10-26-42(37)44)48-30-14-13-29-47(48)54(49)43-31-15-23-36-17-7-9-25-41(36)43/h1-35,51H. The molecule has 0 saturated heterocycles. The topological polar surface area (TPSA) is 0 Å². The molecule has 0 nitrogen and oxygen atoms in total. The van der Waals surface area contributed by atoms with Crippen LogP contribution in [0.2, 0.25) is 0 Å². The van der Waals surface area contributed by atoms with Crippen molar-refractivity contribution < 1.29 is 0 Å². The van der Waals surface area contributed by atoms with Crippen LogP contribution < -0.4 is 0 Å². The predicted octanol–water partition coefficient (Wildman–Crippen LogP) is 14.7. The zero-order chi connectivity index (χ0) is 36.3. The molecular weight excluding hydrogens is 661 g/mol. The maximum Gasteiger partial charge on any atom is 0.0358 e. The molecule has 0 radical (unpaired) electrons. The quantitative estimate of drug-likeness (QED) is 0.157. The van der Waals surface area contributed by atoms with Gasteiger partial charge >= 0.3 is 0 Å². The van der Waals surface area contributed by atoms with Gasteiger partial charge in [-0.05, 0) is 110 Å². The molecule has 0 aliphatic heterocycles. The third-order valence-corrected chi connectivity index (χ3v) is 11.7. The Bertz CT molecular complexity index is 3120. The van der Waals surface area contributed by atoms with Crippen molar-refractivity contribution in [3.8, 4) is 22.3 Å². The maximum absolute atomic E-state index is 2.52. The lowest BCUT2D eigenvalue weighted by atomic mass is 9.80. The largest absolute Gasteiger partial charge is 0.0622 e. The molecule has 0 heteroatoms. The minimum absolute atomic E-state index is 0.0871. The van der Waals surface area contributed by atoms with Gasteiger partial charge in [0.1, 0.15) is 0 Å². The second-order valence-corrected chi connectivity index (χ2v) is 14.7. The smallest absolute Gasteiger partial charge is 0.0358 e. The summed E-state index contributed by atoms with van der Waals surface area (Å²) >= 11 is 0. The molecule has 0 bridgehead atoms. The molecule has 0 amide bonds. The van der Waals surface area contributed by atoms with Crippen LogP contribution in [-0.4, -0.2) is 0 Å². The van der Waals surface area contributed by atoms with E-state index in [0.717, 1.165) is 0 Å². The Labute approximate surface area is 321 Å². The van der Waals surface area contributed by atoms with Crippen LogP contribution in [0.4, 0.5) is 0 Å². The third kappa shape index (κ3) is 4.99. The second kappa shape index (κ2) is 12.8. The van der Waals surface area contributed by atoms with Crippen LogP contribution in [0.5, 0.6) is 0 Å². The van der Waals surface area contributed by atoms with Crippen molar-refractivity contribution in [3.05, 3.63) is 240 Å². The van der Waals surface area contributed by atoms with E-state index in [1.807, 2.05) is 0 Å². The molecule has 1 atom stereocenters. The first kappa shape index (κ1) is 31.5. The van der Waals surface area contributed by atoms with Crippen molar-refractivity contribution in [2.45, 2.75) is 5.92 Å². The van der Waals surface area contributed by atoms with Gasteiger partial charge in [0.05, 0.1) is 0 Å². The minimum Gasteiger partial charge on any atom is -0.0622 e. The first-order valence-electron chi connectivity index (χ1n) is 19.2. The van der Waals surface area contributed by atoms with Gasteiger partial charge in [0.15, 0.2) is 0 Å². The number of benzene rings is 10. The highest BCUT2D eigenvalue weighted by molar-refractivity contribution is 6.26. The van der Waals surface area contributed by atoms with Gasteiger partial charge in [-0.25, -0.2) is 0 Å². The number of fused-ring (bicyclic) bond motifs is 5. The number of rotatable bonds is 5. The van der Waals surface area contributed by atoms with E-state index in [1.165, 1.54) is 104 Å². The van der Waals surface area contributed by atoms with Gasteiger partial charge in [0.25, 0.3) is 0 Å². The van der Waals surface area contributed by atoms with E-state index in [4.69, 9.17) is 0 Å². The Morgan fingerprint density at radius 3 is 1.42 bits per heavy atom. The number of allylic oxidation sites excluding steroid dienone is 1. The van der Waals surface area contributed by atoms with E-state index in [9.17, 15) is 0 Å². The number of hydrogen-bond acceptors (Lipinski definition) is 0. The highest BCUT2D eigenvalue weighted by Crippen LogP contribution is 2.54. The molecule has 256 valence electrons. The summed E-state index contributed by atoms with van der Waals surface area (Å²) in [5, 5.41) is 10.1. The van der Waals surface area contributed by atoms with E-state index in [-0.39, 0.29) is 5.92 Å². The lowest BCUT2D eigenvalue weighted by Crippen LogP contribution is -2.02. The van der Waals surface area contributed by atoms with E-state index in [2.05, 4.69) is 212 Å². The highest BCUT2D eigenvalue weighted by atomic mass is 14.4. The van der Waals surface area contributed by atoms with E-state index < -0.39 is 0 Å². The maximum atomic E-state index is 2.52. The molecule has 1 aliphatic carbocycles. The molecule has 11 rings (SSSR count). The Balaban J connectivity index is 1.31. The van der Waals surface area contributed by atoms with Crippen molar-refractivity contribution in [2.24, 2.45) is 0 Å². The zero-order valence-electron chi connectivity index (χ0n) is 30.3. The van der Waals surface area contributed by atoms with Gasteiger partial charge in [0, 0.05) is 5.92 Å². The van der Waals surface area contributed by atoms with Crippen molar-refractivity contribution in [2.75, 3.05) is 0 Å². The zero-order valence-corrected chi connectivity index (χ0v) is 30.3. The lowest BCUT2D eigenvalue weighted by molar-refractivity contribution is 1.07. The molecule has 0 saturated carbocycles. The lowest BCUT2D eigenvalue weighted by Gasteiger charge is -2.22. The fourth-order valence-corrected chi connectivity index (χ4v) is 9.45. The summed E-state index contributed by atoms with van der Waals surface area (Å²) in [6, 6.07) is 78.6. The highest BCUT2D eigenvalue weighted by Gasteiger charge is 2.34. The summed E-state index contributed by atoms with van der Waals surface area (Å²) in [5.74, 6) is 0.0871. The van der Waals surface area contributed by atoms with Crippen molar-refractivity contribution in [1.82, 2.24) is 0 Å². The van der Waals surface area contributed by atoms with E-state index in [0.29, 0.717) is 0 Å².